The van der Waals surface area contributed by atoms with Crippen molar-refractivity contribution < 1.29 is 4.39 Å². The maximum Gasteiger partial charge on any atom is 0.218 e. The van der Waals surface area contributed by atoms with Crippen molar-refractivity contribution in [1.82, 2.24) is 10.3 Å². The number of aromatic nitrogens is 1. The molecule has 2 bridgehead atoms. The normalized spacial score (nSPS) is 29.1. The Labute approximate surface area is 81.9 Å². The van der Waals surface area contributed by atoms with Crippen LogP contribution in [0.25, 0.3) is 5.57 Å². The molecule has 2 aliphatic heterocycles. The van der Waals surface area contributed by atoms with Crippen LogP contribution in [-0.4, -0.2) is 11.0 Å². The van der Waals surface area contributed by atoms with Crippen LogP contribution in [0.1, 0.15) is 30.0 Å². The fourth-order valence-corrected chi connectivity index (χ4v) is 2.49. The van der Waals surface area contributed by atoms with Crippen LogP contribution in [0, 0.1) is 5.95 Å². The third kappa shape index (κ3) is 0.904. The molecule has 3 rings (SSSR count). The highest BCUT2D eigenvalue weighted by molar-refractivity contribution is 5.73. The summed E-state index contributed by atoms with van der Waals surface area (Å²) >= 11 is 0. The molecule has 3 heteroatoms. The molecule has 0 unspecified atom stereocenters. The number of fused-ring (bicyclic) bond motifs is 4. The minimum atomic E-state index is -0.346. The fourth-order valence-electron chi connectivity index (χ4n) is 2.49. The van der Waals surface area contributed by atoms with Crippen molar-refractivity contribution in [1.29, 1.82) is 0 Å². The largest absolute Gasteiger partial charge is 0.303 e. The van der Waals surface area contributed by atoms with Crippen molar-refractivity contribution in [2.24, 2.45) is 0 Å². The minimum absolute atomic E-state index is 0.147. The number of nitrogens with one attached hydrogen (secondary N) is 1. The van der Waals surface area contributed by atoms with Gasteiger partial charge in [0.25, 0.3) is 0 Å². The molecule has 1 saturated heterocycles. The van der Waals surface area contributed by atoms with E-state index in [1.807, 2.05) is 6.07 Å². The Hall–Kier alpha value is -1.22. The minimum Gasteiger partial charge on any atom is -0.303 e. The zero-order chi connectivity index (χ0) is 9.71. The third-order valence-corrected chi connectivity index (χ3v) is 3.20. The SMILES string of the molecule is C=C1c2ccnc(F)c2[C@H]2CC[C@@H]1N2. The van der Waals surface area contributed by atoms with Crippen molar-refractivity contribution in [3.8, 4) is 0 Å². The van der Waals surface area contributed by atoms with Crippen molar-refractivity contribution in [3.63, 3.8) is 0 Å². The van der Waals surface area contributed by atoms with Gasteiger partial charge in [-0.15, -0.1) is 0 Å². The van der Waals surface area contributed by atoms with Crippen molar-refractivity contribution >= 4 is 5.57 Å². The second kappa shape index (κ2) is 2.64. The standard InChI is InChI=1S/C11H11FN2/c1-6-7-4-5-13-11(12)10(7)9-3-2-8(6)14-9/h4-5,8-9,14H,1-3H2/t8-,9+/m0/s1. The molecule has 0 spiro atoms. The molecule has 0 amide bonds. The molecule has 72 valence electrons. The number of halogens is 1. The van der Waals surface area contributed by atoms with Gasteiger partial charge in [0.1, 0.15) is 0 Å². The van der Waals surface area contributed by atoms with E-state index in [1.165, 1.54) is 6.20 Å². The van der Waals surface area contributed by atoms with Gasteiger partial charge in [-0.1, -0.05) is 6.58 Å². The summed E-state index contributed by atoms with van der Waals surface area (Å²) in [4.78, 5) is 3.70. The number of hydrogen-bond donors (Lipinski definition) is 1. The van der Waals surface area contributed by atoms with Crippen LogP contribution in [0.15, 0.2) is 18.8 Å². The Balaban J connectivity index is 2.26. The number of nitrogens with zero attached hydrogens (tertiary/aromatic N) is 1. The zero-order valence-corrected chi connectivity index (χ0v) is 7.76. The van der Waals surface area contributed by atoms with E-state index in [1.54, 1.807) is 0 Å². The number of rotatable bonds is 0. The highest BCUT2D eigenvalue weighted by atomic mass is 19.1. The van der Waals surface area contributed by atoms with E-state index < -0.39 is 0 Å². The van der Waals surface area contributed by atoms with E-state index in [-0.39, 0.29) is 12.0 Å². The molecule has 0 saturated carbocycles. The van der Waals surface area contributed by atoms with Gasteiger partial charge < -0.3 is 5.32 Å². The molecule has 1 fully saturated rings. The summed E-state index contributed by atoms with van der Waals surface area (Å²) in [6, 6.07) is 2.36. The second-order valence-corrected chi connectivity index (χ2v) is 3.94. The van der Waals surface area contributed by atoms with Crippen LogP contribution in [0.2, 0.25) is 0 Å². The summed E-state index contributed by atoms with van der Waals surface area (Å²) < 4.78 is 13.5. The molecule has 14 heavy (non-hydrogen) atoms. The monoisotopic (exact) mass is 190 g/mol. The molecular formula is C11H11FN2. The average Bonchev–Trinajstić information content (AvgIpc) is 2.60. The molecule has 0 radical (unpaired) electrons. The van der Waals surface area contributed by atoms with Gasteiger partial charge in [0.05, 0.1) is 0 Å². The summed E-state index contributed by atoms with van der Waals surface area (Å²) in [6.07, 6.45) is 3.56. The lowest BCUT2D eigenvalue weighted by atomic mass is 9.93. The molecule has 0 aromatic carbocycles. The summed E-state index contributed by atoms with van der Waals surface area (Å²) in [5.41, 5.74) is 2.69. The van der Waals surface area contributed by atoms with E-state index >= 15 is 0 Å². The van der Waals surface area contributed by atoms with Crippen molar-refractivity contribution in [2.45, 2.75) is 24.9 Å². The second-order valence-electron chi connectivity index (χ2n) is 3.94. The third-order valence-electron chi connectivity index (χ3n) is 3.20. The van der Waals surface area contributed by atoms with E-state index in [0.717, 1.165) is 24.0 Å². The van der Waals surface area contributed by atoms with Crippen LogP contribution in [0.3, 0.4) is 0 Å². The molecule has 2 nitrogen and oxygen atoms in total. The zero-order valence-electron chi connectivity index (χ0n) is 7.76. The predicted molar refractivity (Wildman–Crippen MR) is 52.1 cm³/mol. The first kappa shape index (κ1) is 8.12. The Morgan fingerprint density at radius 2 is 2.21 bits per heavy atom. The van der Waals surface area contributed by atoms with Gasteiger partial charge >= 0.3 is 0 Å². The maximum absolute atomic E-state index is 13.5. The van der Waals surface area contributed by atoms with Gasteiger partial charge in [-0.25, -0.2) is 4.98 Å². The Kier molecular flexibility index (Phi) is 1.53. The Bertz CT molecular complexity index is 414. The molecule has 2 atom stereocenters. The Morgan fingerprint density at radius 1 is 1.43 bits per heavy atom. The number of pyridine rings is 1. The molecular weight excluding hydrogens is 179 g/mol. The average molecular weight is 190 g/mol. The maximum atomic E-state index is 13.5. The van der Waals surface area contributed by atoms with Gasteiger partial charge in [0, 0.05) is 23.8 Å². The van der Waals surface area contributed by atoms with Gasteiger partial charge in [-0.05, 0) is 30.0 Å². The van der Waals surface area contributed by atoms with Gasteiger partial charge in [0.2, 0.25) is 5.95 Å². The van der Waals surface area contributed by atoms with E-state index in [4.69, 9.17) is 0 Å². The van der Waals surface area contributed by atoms with Crippen molar-refractivity contribution in [3.05, 3.63) is 35.9 Å². The van der Waals surface area contributed by atoms with Crippen LogP contribution < -0.4 is 5.32 Å². The molecule has 3 heterocycles. The smallest absolute Gasteiger partial charge is 0.218 e. The topological polar surface area (TPSA) is 24.9 Å². The molecule has 1 N–H and O–H groups in total. The lowest BCUT2D eigenvalue weighted by molar-refractivity contribution is 0.512. The summed E-state index contributed by atoms with van der Waals surface area (Å²) in [5, 5.41) is 3.36. The van der Waals surface area contributed by atoms with Crippen LogP contribution in [0.5, 0.6) is 0 Å². The van der Waals surface area contributed by atoms with Crippen LogP contribution >= 0.6 is 0 Å². The first-order chi connectivity index (χ1) is 6.77. The first-order valence-corrected chi connectivity index (χ1v) is 4.87. The first-order valence-electron chi connectivity index (χ1n) is 4.87. The predicted octanol–water partition coefficient (Wildman–Crippen LogP) is 2.04. The molecule has 2 aliphatic rings. The quantitative estimate of drug-likeness (QED) is 0.633. The highest BCUT2D eigenvalue weighted by Crippen LogP contribution is 2.41. The molecule has 1 aromatic heterocycles. The van der Waals surface area contributed by atoms with Gasteiger partial charge in [-0.2, -0.15) is 4.39 Å². The van der Waals surface area contributed by atoms with Gasteiger partial charge in [0.15, 0.2) is 0 Å². The van der Waals surface area contributed by atoms with Crippen LogP contribution in [-0.2, 0) is 0 Å². The van der Waals surface area contributed by atoms with E-state index in [2.05, 4.69) is 16.9 Å². The lowest BCUT2D eigenvalue weighted by Crippen LogP contribution is -2.31. The number of hydrogen-bond acceptors (Lipinski definition) is 2. The molecule has 0 aliphatic carbocycles. The van der Waals surface area contributed by atoms with E-state index in [0.29, 0.717) is 11.6 Å². The van der Waals surface area contributed by atoms with Crippen LogP contribution in [0.4, 0.5) is 4.39 Å². The summed E-state index contributed by atoms with van der Waals surface area (Å²) in [5.74, 6) is -0.346. The lowest BCUT2D eigenvalue weighted by Gasteiger charge is -2.26. The highest BCUT2D eigenvalue weighted by Gasteiger charge is 2.36. The van der Waals surface area contributed by atoms with Crippen molar-refractivity contribution in [2.75, 3.05) is 0 Å². The summed E-state index contributed by atoms with van der Waals surface area (Å²) in [6.45, 7) is 4.02. The van der Waals surface area contributed by atoms with E-state index in [9.17, 15) is 4.39 Å². The Morgan fingerprint density at radius 3 is 3.07 bits per heavy atom. The fraction of sp³-hybridized carbons (Fsp3) is 0.364. The summed E-state index contributed by atoms with van der Waals surface area (Å²) in [7, 11) is 0. The molecule has 1 aromatic rings. The van der Waals surface area contributed by atoms with Gasteiger partial charge in [-0.3, -0.25) is 0 Å².